The summed E-state index contributed by atoms with van der Waals surface area (Å²) in [6.45, 7) is 0.806. The molecule has 2 aromatic rings. The van der Waals surface area contributed by atoms with Gasteiger partial charge >= 0.3 is 0 Å². The number of nitrogens with zero attached hydrogens (tertiary/aromatic N) is 3. The minimum Gasteiger partial charge on any atom is -0.375 e. The Labute approximate surface area is 126 Å². The zero-order valence-corrected chi connectivity index (χ0v) is 12.6. The van der Waals surface area contributed by atoms with Gasteiger partial charge in [-0.1, -0.05) is 24.2 Å². The van der Waals surface area contributed by atoms with Crippen molar-refractivity contribution in [1.29, 1.82) is 0 Å². The molecule has 0 bridgehead atoms. The van der Waals surface area contributed by atoms with Crippen LogP contribution in [0.3, 0.4) is 0 Å². The van der Waals surface area contributed by atoms with E-state index in [1.807, 2.05) is 0 Å². The van der Waals surface area contributed by atoms with E-state index in [4.69, 9.17) is 4.74 Å². The van der Waals surface area contributed by atoms with Crippen molar-refractivity contribution in [1.82, 2.24) is 14.6 Å². The standard InChI is InChI=1S/C14H18N4O2S/c19-11-3-7-15-13-18(11)17-12(21-13)16-10-4-8-20-14(9-10)5-1-2-6-14/h3,7,10H,1-2,4-6,8-9H2,(H,16,17). The van der Waals surface area contributed by atoms with Crippen LogP contribution in [0.2, 0.25) is 0 Å². The summed E-state index contributed by atoms with van der Waals surface area (Å²) in [6, 6.07) is 1.80. The van der Waals surface area contributed by atoms with Gasteiger partial charge in [-0.25, -0.2) is 4.98 Å². The van der Waals surface area contributed by atoms with Crippen LogP contribution in [0.25, 0.3) is 4.96 Å². The molecule has 1 atom stereocenters. The first-order chi connectivity index (χ1) is 10.2. The molecule has 1 aliphatic heterocycles. The number of anilines is 1. The van der Waals surface area contributed by atoms with Gasteiger partial charge in [-0.3, -0.25) is 4.79 Å². The fourth-order valence-corrected chi connectivity index (χ4v) is 4.35. The van der Waals surface area contributed by atoms with Crippen molar-refractivity contribution in [3.63, 3.8) is 0 Å². The van der Waals surface area contributed by atoms with Crippen LogP contribution in [0, 0.1) is 0 Å². The summed E-state index contributed by atoms with van der Waals surface area (Å²) in [4.78, 5) is 16.5. The number of hydrogen-bond acceptors (Lipinski definition) is 6. The van der Waals surface area contributed by atoms with Crippen LogP contribution in [-0.4, -0.2) is 32.8 Å². The average Bonchev–Trinajstić information content (AvgIpc) is 3.07. The highest BCUT2D eigenvalue weighted by atomic mass is 32.1. The second kappa shape index (κ2) is 5.06. The maximum Gasteiger partial charge on any atom is 0.275 e. The third-order valence-electron chi connectivity index (χ3n) is 4.51. The van der Waals surface area contributed by atoms with Crippen molar-refractivity contribution in [2.24, 2.45) is 0 Å². The van der Waals surface area contributed by atoms with Gasteiger partial charge in [0, 0.05) is 24.9 Å². The number of aromatic nitrogens is 3. The van der Waals surface area contributed by atoms with Gasteiger partial charge in [0.1, 0.15) is 0 Å². The molecule has 0 radical (unpaired) electrons. The third kappa shape index (κ3) is 2.44. The smallest absolute Gasteiger partial charge is 0.275 e. The average molecular weight is 306 g/mol. The van der Waals surface area contributed by atoms with Crippen molar-refractivity contribution in [2.75, 3.05) is 11.9 Å². The van der Waals surface area contributed by atoms with E-state index in [1.54, 1.807) is 0 Å². The fourth-order valence-electron chi connectivity index (χ4n) is 3.50. The van der Waals surface area contributed by atoms with Crippen LogP contribution >= 0.6 is 11.3 Å². The molecule has 112 valence electrons. The first kappa shape index (κ1) is 13.2. The predicted molar refractivity (Wildman–Crippen MR) is 80.9 cm³/mol. The Morgan fingerprint density at radius 1 is 1.43 bits per heavy atom. The lowest BCUT2D eigenvalue weighted by Gasteiger charge is -2.38. The normalized spacial score (nSPS) is 24.7. The highest BCUT2D eigenvalue weighted by Crippen LogP contribution is 2.40. The zero-order valence-electron chi connectivity index (χ0n) is 11.7. The first-order valence-corrected chi connectivity index (χ1v) is 8.31. The third-order valence-corrected chi connectivity index (χ3v) is 5.36. The van der Waals surface area contributed by atoms with E-state index in [1.165, 1.54) is 53.8 Å². The minimum atomic E-state index is -0.136. The van der Waals surface area contributed by atoms with Crippen molar-refractivity contribution < 1.29 is 4.74 Å². The Hall–Kier alpha value is -1.47. The Bertz CT molecular complexity index is 704. The van der Waals surface area contributed by atoms with Gasteiger partial charge in [0.15, 0.2) is 0 Å². The van der Waals surface area contributed by atoms with Crippen LogP contribution in [0.1, 0.15) is 38.5 Å². The monoisotopic (exact) mass is 306 g/mol. The molecular weight excluding hydrogens is 288 g/mol. The van der Waals surface area contributed by atoms with Gasteiger partial charge in [-0.05, 0) is 25.7 Å². The predicted octanol–water partition coefficient (Wildman–Crippen LogP) is 2.05. The van der Waals surface area contributed by atoms with Crippen molar-refractivity contribution >= 4 is 21.4 Å². The molecule has 0 aromatic carbocycles. The van der Waals surface area contributed by atoms with E-state index >= 15 is 0 Å². The minimum absolute atomic E-state index is 0.0850. The molecule has 2 fully saturated rings. The number of hydrogen-bond donors (Lipinski definition) is 1. The molecule has 21 heavy (non-hydrogen) atoms. The molecule has 2 aromatic heterocycles. The summed E-state index contributed by atoms with van der Waals surface area (Å²) in [5, 5.41) is 8.58. The van der Waals surface area contributed by atoms with Crippen molar-refractivity contribution in [3.8, 4) is 0 Å². The summed E-state index contributed by atoms with van der Waals surface area (Å²) in [7, 11) is 0. The van der Waals surface area contributed by atoms with Crippen LogP contribution in [0.15, 0.2) is 17.1 Å². The summed E-state index contributed by atoms with van der Waals surface area (Å²) in [5.74, 6) is 0. The maximum absolute atomic E-state index is 11.7. The molecule has 3 heterocycles. The van der Waals surface area contributed by atoms with E-state index in [9.17, 15) is 4.79 Å². The van der Waals surface area contributed by atoms with E-state index in [0.29, 0.717) is 11.0 Å². The van der Waals surface area contributed by atoms with Crippen LogP contribution in [0.5, 0.6) is 0 Å². The Morgan fingerprint density at radius 2 is 2.29 bits per heavy atom. The molecule has 1 saturated heterocycles. The first-order valence-electron chi connectivity index (χ1n) is 7.50. The molecule has 1 aliphatic carbocycles. The second-order valence-electron chi connectivity index (χ2n) is 5.96. The van der Waals surface area contributed by atoms with E-state index in [0.717, 1.165) is 24.6 Å². The highest BCUT2D eigenvalue weighted by Gasteiger charge is 2.40. The Morgan fingerprint density at radius 3 is 3.10 bits per heavy atom. The van der Waals surface area contributed by atoms with Gasteiger partial charge in [0.05, 0.1) is 5.60 Å². The van der Waals surface area contributed by atoms with Crippen molar-refractivity contribution in [3.05, 3.63) is 22.6 Å². The van der Waals surface area contributed by atoms with Crippen LogP contribution in [-0.2, 0) is 4.74 Å². The fraction of sp³-hybridized carbons (Fsp3) is 0.643. The van der Waals surface area contributed by atoms with E-state index in [2.05, 4.69) is 15.4 Å². The second-order valence-corrected chi connectivity index (χ2v) is 6.91. The van der Waals surface area contributed by atoms with E-state index < -0.39 is 0 Å². The molecule has 6 nitrogen and oxygen atoms in total. The summed E-state index contributed by atoms with van der Waals surface area (Å²) in [6.07, 6.45) is 8.44. The van der Waals surface area contributed by atoms with Crippen LogP contribution in [0.4, 0.5) is 5.13 Å². The molecular formula is C14H18N4O2S. The van der Waals surface area contributed by atoms with Gasteiger partial charge in [-0.2, -0.15) is 4.52 Å². The van der Waals surface area contributed by atoms with Gasteiger partial charge in [0.2, 0.25) is 10.1 Å². The number of rotatable bonds is 2. The molecule has 1 spiro atoms. The summed E-state index contributed by atoms with van der Waals surface area (Å²) >= 11 is 1.42. The lowest BCUT2D eigenvalue weighted by molar-refractivity contribution is -0.0767. The number of nitrogens with one attached hydrogen (secondary N) is 1. The molecule has 1 saturated carbocycles. The largest absolute Gasteiger partial charge is 0.375 e. The summed E-state index contributed by atoms with van der Waals surface area (Å²) < 4.78 is 7.41. The number of ether oxygens (including phenoxy) is 1. The van der Waals surface area contributed by atoms with Gasteiger partial charge in [-0.15, -0.1) is 5.10 Å². The Balaban J connectivity index is 1.54. The molecule has 7 heteroatoms. The van der Waals surface area contributed by atoms with E-state index in [-0.39, 0.29) is 11.2 Å². The number of fused-ring (bicyclic) bond motifs is 1. The zero-order chi connectivity index (χ0) is 14.3. The van der Waals surface area contributed by atoms with Crippen LogP contribution < -0.4 is 10.9 Å². The molecule has 1 N–H and O–H groups in total. The lowest BCUT2D eigenvalue weighted by Crippen LogP contribution is -2.42. The maximum atomic E-state index is 11.7. The molecule has 4 rings (SSSR count). The molecule has 0 amide bonds. The topological polar surface area (TPSA) is 68.5 Å². The molecule has 2 aliphatic rings. The van der Waals surface area contributed by atoms with Crippen molar-refractivity contribution in [2.45, 2.75) is 50.2 Å². The van der Waals surface area contributed by atoms with Gasteiger partial charge < -0.3 is 10.1 Å². The molecule has 1 unspecified atom stereocenters. The quantitative estimate of drug-likeness (QED) is 0.919. The SMILES string of the molecule is O=c1ccnc2sc(NC3CCOC4(CCCC4)C3)nn12. The Kier molecular flexibility index (Phi) is 3.19. The summed E-state index contributed by atoms with van der Waals surface area (Å²) in [5.41, 5.74) is -0.0506. The lowest BCUT2D eigenvalue weighted by atomic mass is 9.89. The highest BCUT2D eigenvalue weighted by molar-refractivity contribution is 7.20. The van der Waals surface area contributed by atoms with Gasteiger partial charge in [0.25, 0.3) is 5.56 Å².